The summed E-state index contributed by atoms with van der Waals surface area (Å²) in [5.41, 5.74) is 0. The average molecular weight is 301 g/mol. The van der Waals surface area contributed by atoms with Crippen LogP contribution in [0.3, 0.4) is 0 Å². The van der Waals surface area contributed by atoms with Crippen LogP contribution < -0.4 is 5.32 Å². The third-order valence-electron chi connectivity index (χ3n) is 4.77. The van der Waals surface area contributed by atoms with Gasteiger partial charge in [-0.15, -0.1) is 0 Å². The second-order valence-electron chi connectivity index (χ2n) is 6.64. The molecule has 116 valence electrons. The minimum atomic E-state index is -2.79. The molecule has 3 aliphatic rings. The minimum absolute atomic E-state index is 0.165. The summed E-state index contributed by atoms with van der Waals surface area (Å²) in [5, 5.41) is 3.34. The maximum absolute atomic E-state index is 11.6. The monoisotopic (exact) mass is 301 g/mol. The Balaban J connectivity index is 1.35. The van der Waals surface area contributed by atoms with E-state index in [2.05, 4.69) is 15.1 Å². The number of hydrogen-bond acceptors (Lipinski definition) is 5. The Bertz CT molecular complexity index is 414. The predicted octanol–water partition coefficient (Wildman–Crippen LogP) is -0.209. The number of sulfone groups is 1. The van der Waals surface area contributed by atoms with Crippen LogP contribution in [-0.4, -0.2) is 81.6 Å². The Morgan fingerprint density at radius 3 is 2.40 bits per heavy atom. The zero-order valence-corrected chi connectivity index (χ0v) is 13.1. The van der Waals surface area contributed by atoms with Gasteiger partial charge in [-0.25, -0.2) is 8.42 Å². The van der Waals surface area contributed by atoms with E-state index in [1.54, 1.807) is 0 Å². The van der Waals surface area contributed by atoms with E-state index in [1.807, 2.05) is 0 Å². The van der Waals surface area contributed by atoms with E-state index in [4.69, 9.17) is 0 Å². The molecule has 3 rings (SSSR count). The molecule has 5 nitrogen and oxygen atoms in total. The summed E-state index contributed by atoms with van der Waals surface area (Å²) in [6, 6.07) is 0.165. The summed E-state index contributed by atoms with van der Waals surface area (Å²) in [4.78, 5) is 5.09. The molecule has 0 aromatic rings. The van der Waals surface area contributed by atoms with Crippen molar-refractivity contribution in [3.05, 3.63) is 0 Å². The van der Waals surface area contributed by atoms with Crippen LogP contribution in [0, 0.1) is 5.92 Å². The summed E-state index contributed by atoms with van der Waals surface area (Å²) < 4.78 is 23.2. The molecule has 0 aromatic carbocycles. The maximum atomic E-state index is 11.6. The van der Waals surface area contributed by atoms with Gasteiger partial charge in [0.05, 0.1) is 11.5 Å². The van der Waals surface area contributed by atoms with Crippen LogP contribution in [0.15, 0.2) is 0 Å². The molecule has 0 aromatic heterocycles. The lowest BCUT2D eigenvalue weighted by Crippen LogP contribution is -2.50. The molecule has 2 aliphatic heterocycles. The van der Waals surface area contributed by atoms with Crippen LogP contribution in [0.5, 0.6) is 0 Å². The fourth-order valence-corrected chi connectivity index (χ4v) is 4.75. The van der Waals surface area contributed by atoms with E-state index in [0.717, 1.165) is 32.0 Å². The number of piperazine rings is 1. The maximum Gasteiger partial charge on any atom is 0.153 e. The van der Waals surface area contributed by atoms with E-state index >= 15 is 0 Å². The Hall–Kier alpha value is -0.170. The molecule has 2 saturated heterocycles. The largest absolute Gasteiger partial charge is 0.312 e. The van der Waals surface area contributed by atoms with Crippen LogP contribution in [0.1, 0.15) is 19.3 Å². The fourth-order valence-electron chi connectivity index (χ4n) is 3.25. The molecule has 20 heavy (non-hydrogen) atoms. The highest BCUT2D eigenvalue weighted by molar-refractivity contribution is 7.91. The van der Waals surface area contributed by atoms with Crippen molar-refractivity contribution in [2.45, 2.75) is 25.3 Å². The molecule has 2 heterocycles. The van der Waals surface area contributed by atoms with Crippen molar-refractivity contribution in [3.8, 4) is 0 Å². The third kappa shape index (κ3) is 4.41. The number of hydrogen-bond donors (Lipinski definition) is 1. The first-order valence-corrected chi connectivity index (χ1v) is 9.81. The Morgan fingerprint density at radius 1 is 1.05 bits per heavy atom. The lowest BCUT2D eigenvalue weighted by Gasteiger charge is -2.35. The first kappa shape index (κ1) is 14.8. The zero-order valence-electron chi connectivity index (χ0n) is 12.3. The topological polar surface area (TPSA) is 52.7 Å². The molecule has 1 saturated carbocycles. The third-order valence-corrected chi connectivity index (χ3v) is 6.51. The van der Waals surface area contributed by atoms with Crippen molar-refractivity contribution in [3.63, 3.8) is 0 Å². The van der Waals surface area contributed by atoms with Crippen LogP contribution in [-0.2, 0) is 9.84 Å². The Labute approximate surface area is 122 Å². The van der Waals surface area contributed by atoms with Crippen LogP contribution >= 0.6 is 0 Å². The zero-order chi connectivity index (χ0) is 14.0. The molecule has 6 heteroatoms. The molecular weight excluding hydrogens is 274 g/mol. The van der Waals surface area contributed by atoms with Crippen molar-refractivity contribution in [1.29, 1.82) is 0 Å². The Kier molecular flexibility index (Phi) is 4.65. The summed E-state index contributed by atoms with van der Waals surface area (Å²) in [6.45, 7) is 7.63. The van der Waals surface area contributed by atoms with Crippen molar-refractivity contribution in [1.82, 2.24) is 15.1 Å². The lowest BCUT2D eigenvalue weighted by molar-refractivity contribution is 0.125. The molecule has 1 unspecified atom stereocenters. The number of nitrogens with zero attached hydrogens (tertiary/aromatic N) is 2. The van der Waals surface area contributed by atoms with Gasteiger partial charge in [-0.1, -0.05) is 0 Å². The summed E-state index contributed by atoms with van der Waals surface area (Å²) >= 11 is 0. The van der Waals surface area contributed by atoms with Gasteiger partial charge in [0.15, 0.2) is 9.84 Å². The SMILES string of the molecule is O=S1(=O)CCNC(CCN2CCN(CC3CC3)CC2)C1. The van der Waals surface area contributed by atoms with Gasteiger partial charge in [-0.05, 0) is 31.7 Å². The van der Waals surface area contributed by atoms with Gasteiger partial charge < -0.3 is 15.1 Å². The average Bonchev–Trinajstić information content (AvgIpc) is 3.21. The number of rotatable bonds is 5. The van der Waals surface area contributed by atoms with Gasteiger partial charge in [0.25, 0.3) is 0 Å². The fraction of sp³-hybridized carbons (Fsp3) is 1.00. The standard InChI is InChI=1S/C14H27N3O2S/c18-20(19)10-4-15-14(12-20)3-5-16-6-8-17(9-7-16)11-13-1-2-13/h13-15H,1-12H2. The predicted molar refractivity (Wildman–Crippen MR) is 80.7 cm³/mol. The normalized spacial score (nSPS) is 32.3. The smallest absolute Gasteiger partial charge is 0.153 e. The second kappa shape index (κ2) is 6.30. The van der Waals surface area contributed by atoms with E-state index in [9.17, 15) is 8.42 Å². The molecule has 0 amide bonds. The molecule has 0 bridgehead atoms. The van der Waals surface area contributed by atoms with E-state index < -0.39 is 9.84 Å². The minimum Gasteiger partial charge on any atom is -0.312 e. The van der Waals surface area contributed by atoms with Gasteiger partial charge in [-0.3, -0.25) is 0 Å². The summed E-state index contributed by atoms with van der Waals surface area (Å²) in [6.07, 6.45) is 3.83. The van der Waals surface area contributed by atoms with Crippen LogP contribution in [0.4, 0.5) is 0 Å². The molecular formula is C14H27N3O2S. The van der Waals surface area contributed by atoms with Crippen molar-refractivity contribution < 1.29 is 8.42 Å². The summed E-state index contributed by atoms with van der Waals surface area (Å²) in [7, 11) is -2.79. The van der Waals surface area contributed by atoms with E-state index in [0.29, 0.717) is 18.1 Å². The molecule has 3 fully saturated rings. The van der Waals surface area contributed by atoms with Crippen LogP contribution in [0.25, 0.3) is 0 Å². The highest BCUT2D eigenvalue weighted by Gasteiger charge is 2.27. The highest BCUT2D eigenvalue weighted by Crippen LogP contribution is 2.29. The van der Waals surface area contributed by atoms with Crippen molar-refractivity contribution in [2.24, 2.45) is 5.92 Å². The molecule has 0 spiro atoms. The number of nitrogens with one attached hydrogen (secondary N) is 1. The summed E-state index contributed by atoms with van der Waals surface area (Å²) in [5.74, 6) is 1.62. The quantitative estimate of drug-likeness (QED) is 0.762. The second-order valence-corrected chi connectivity index (χ2v) is 8.87. The van der Waals surface area contributed by atoms with Gasteiger partial charge in [0.1, 0.15) is 0 Å². The highest BCUT2D eigenvalue weighted by atomic mass is 32.2. The lowest BCUT2D eigenvalue weighted by atomic mass is 10.2. The van der Waals surface area contributed by atoms with Gasteiger partial charge in [0, 0.05) is 45.3 Å². The van der Waals surface area contributed by atoms with E-state index in [1.165, 1.54) is 32.5 Å². The molecule has 0 radical (unpaired) electrons. The first-order valence-electron chi connectivity index (χ1n) is 7.99. The molecule has 1 atom stereocenters. The van der Waals surface area contributed by atoms with Gasteiger partial charge >= 0.3 is 0 Å². The molecule has 1 N–H and O–H groups in total. The molecule has 1 aliphatic carbocycles. The van der Waals surface area contributed by atoms with E-state index in [-0.39, 0.29) is 6.04 Å². The van der Waals surface area contributed by atoms with Gasteiger partial charge in [0.2, 0.25) is 0 Å². The van der Waals surface area contributed by atoms with Crippen LogP contribution in [0.2, 0.25) is 0 Å². The first-order chi connectivity index (χ1) is 9.61. The van der Waals surface area contributed by atoms with Crippen molar-refractivity contribution >= 4 is 9.84 Å². The Morgan fingerprint density at radius 2 is 1.75 bits per heavy atom. The van der Waals surface area contributed by atoms with Crippen molar-refractivity contribution in [2.75, 3.05) is 57.3 Å². The van der Waals surface area contributed by atoms with Gasteiger partial charge in [-0.2, -0.15) is 0 Å².